The predicted molar refractivity (Wildman–Crippen MR) is 133 cm³/mol. The van der Waals surface area contributed by atoms with Gasteiger partial charge in [0.1, 0.15) is 18.1 Å². The zero-order valence-corrected chi connectivity index (χ0v) is 19.7. The Hall–Kier alpha value is -3.84. The highest BCUT2D eigenvalue weighted by Crippen LogP contribution is 2.22. The number of hydrogen-bond acceptors (Lipinski definition) is 4. The summed E-state index contributed by atoms with van der Waals surface area (Å²) in [5, 5.41) is 3.51. The van der Waals surface area contributed by atoms with Gasteiger partial charge in [-0.1, -0.05) is 41.9 Å². The number of ether oxygens (including phenoxy) is 1. The van der Waals surface area contributed by atoms with E-state index in [2.05, 4.69) is 5.32 Å². The summed E-state index contributed by atoms with van der Waals surface area (Å²) in [6, 6.07) is 23.4. The molecule has 4 rings (SSSR count). The van der Waals surface area contributed by atoms with E-state index in [9.17, 15) is 9.59 Å². The van der Waals surface area contributed by atoms with Crippen LogP contribution >= 0.6 is 11.6 Å². The molecule has 34 heavy (non-hydrogen) atoms. The molecule has 1 aromatic heterocycles. The number of carbonyl (C=O) groups is 2. The Balaban J connectivity index is 1.50. The number of rotatable bonds is 8. The van der Waals surface area contributed by atoms with Crippen LogP contribution in [-0.4, -0.2) is 35.0 Å². The third-order valence-corrected chi connectivity index (χ3v) is 5.70. The second-order valence-corrected chi connectivity index (χ2v) is 8.30. The fourth-order valence-electron chi connectivity index (χ4n) is 3.66. The molecule has 0 aliphatic rings. The van der Waals surface area contributed by atoms with Gasteiger partial charge in [0, 0.05) is 17.8 Å². The van der Waals surface area contributed by atoms with Crippen LogP contribution in [-0.2, 0) is 16.1 Å². The molecule has 1 unspecified atom stereocenters. The van der Waals surface area contributed by atoms with Crippen LogP contribution in [0.1, 0.15) is 18.8 Å². The number of amides is 2. The summed E-state index contributed by atoms with van der Waals surface area (Å²) in [6.07, 6.45) is 0. The third kappa shape index (κ3) is 5.38. The number of nitrogens with one attached hydrogen (secondary N) is 1. The standard InChI is InChI=1S/C26H25ClN4O3/c1-18(28-24(32)17-34-21-14-12-19(27)13-15-21)26-29-22-10-6-7-11-23(22)31(26)16-25(33)30(2)20-8-4-3-5-9-20/h3-15,18H,16-17H2,1-2H3,(H,28,32). The molecule has 0 fully saturated rings. The first-order valence-corrected chi connectivity index (χ1v) is 11.2. The molecule has 2 amide bonds. The van der Waals surface area contributed by atoms with Crippen molar-refractivity contribution in [1.29, 1.82) is 0 Å². The average molecular weight is 477 g/mol. The molecule has 0 saturated carbocycles. The summed E-state index contributed by atoms with van der Waals surface area (Å²) < 4.78 is 7.38. The number of carbonyl (C=O) groups excluding carboxylic acids is 2. The molecule has 1 atom stereocenters. The Morgan fingerprint density at radius 1 is 1.03 bits per heavy atom. The van der Waals surface area contributed by atoms with Crippen molar-refractivity contribution in [2.24, 2.45) is 0 Å². The third-order valence-electron chi connectivity index (χ3n) is 5.44. The van der Waals surface area contributed by atoms with E-state index in [4.69, 9.17) is 21.3 Å². The summed E-state index contributed by atoms with van der Waals surface area (Å²) in [5.74, 6) is 0.749. The minimum atomic E-state index is -0.441. The summed E-state index contributed by atoms with van der Waals surface area (Å²) in [6.45, 7) is 1.77. The van der Waals surface area contributed by atoms with Crippen molar-refractivity contribution in [3.05, 3.63) is 89.7 Å². The number of aromatic nitrogens is 2. The van der Waals surface area contributed by atoms with Crippen LogP contribution in [0, 0.1) is 0 Å². The molecule has 4 aromatic rings. The van der Waals surface area contributed by atoms with Crippen LogP contribution in [0.4, 0.5) is 5.69 Å². The van der Waals surface area contributed by atoms with E-state index in [1.165, 1.54) is 0 Å². The normalized spacial score (nSPS) is 11.7. The van der Waals surface area contributed by atoms with Gasteiger partial charge in [-0.05, 0) is 55.5 Å². The Bertz CT molecular complexity index is 1290. The lowest BCUT2D eigenvalue weighted by molar-refractivity contribution is -0.123. The molecule has 1 N–H and O–H groups in total. The second-order valence-electron chi connectivity index (χ2n) is 7.86. The van der Waals surface area contributed by atoms with E-state index < -0.39 is 6.04 Å². The first-order chi connectivity index (χ1) is 16.4. The van der Waals surface area contributed by atoms with Crippen molar-refractivity contribution < 1.29 is 14.3 Å². The van der Waals surface area contributed by atoms with E-state index in [1.807, 2.05) is 66.1 Å². The van der Waals surface area contributed by atoms with Gasteiger partial charge < -0.3 is 19.5 Å². The average Bonchev–Trinajstić information content (AvgIpc) is 3.22. The lowest BCUT2D eigenvalue weighted by atomic mass is 10.2. The Morgan fingerprint density at radius 2 is 1.71 bits per heavy atom. The Morgan fingerprint density at radius 3 is 2.44 bits per heavy atom. The van der Waals surface area contributed by atoms with Gasteiger partial charge in [0.15, 0.2) is 6.61 Å². The highest BCUT2D eigenvalue weighted by Gasteiger charge is 2.21. The molecule has 3 aromatic carbocycles. The summed E-state index contributed by atoms with van der Waals surface area (Å²) >= 11 is 5.88. The largest absolute Gasteiger partial charge is 0.484 e. The number of hydrogen-bond donors (Lipinski definition) is 1. The van der Waals surface area contributed by atoms with E-state index in [0.717, 1.165) is 16.7 Å². The van der Waals surface area contributed by atoms with Crippen LogP contribution in [0.3, 0.4) is 0 Å². The maximum Gasteiger partial charge on any atom is 0.258 e. The first kappa shape index (κ1) is 23.3. The van der Waals surface area contributed by atoms with Crippen LogP contribution in [0.25, 0.3) is 11.0 Å². The molecule has 174 valence electrons. The number of nitrogens with zero attached hydrogens (tertiary/aromatic N) is 3. The molecule has 0 spiro atoms. The van der Waals surface area contributed by atoms with Crippen molar-refractivity contribution in [2.45, 2.75) is 19.5 Å². The number of benzene rings is 3. The van der Waals surface area contributed by atoms with Gasteiger partial charge in [0.05, 0.1) is 17.1 Å². The SMILES string of the molecule is CC(NC(=O)COc1ccc(Cl)cc1)c1nc2ccccc2n1CC(=O)N(C)c1ccccc1. The van der Waals surface area contributed by atoms with Gasteiger partial charge in [-0.2, -0.15) is 0 Å². The second kappa shape index (κ2) is 10.4. The van der Waals surface area contributed by atoms with Crippen LogP contribution < -0.4 is 15.0 Å². The minimum Gasteiger partial charge on any atom is -0.484 e. The van der Waals surface area contributed by atoms with Crippen molar-refractivity contribution in [1.82, 2.24) is 14.9 Å². The maximum absolute atomic E-state index is 13.1. The highest BCUT2D eigenvalue weighted by atomic mass is 35.5. The molecular weight excluding hydrogens is 452 g/mol. The van der Waals surface area contributed by atoms with Gasteiger partial charge >= 0.3 is 0 Å². The van der Waals surface area contributed by atoms with E-state index in [-0.39, 0.29) is 25.0 Å². The van der Waals surface area contributed by atoms with E-state index in [0.29, 0.717) is 16.6 Å². The molecule has 8 heteroatoms. The molecule has 1 heterocycles. The van der Waals surface area contributed by atoms with E-state index >= 15 is 0 Å². The van der Waals surface area contributed by atoms with Gasteiger partial charge in [-0.15, -0.1) is 0 Å². The van der Waals surface area contributed by atoms with Crippen LogP contribution in [0.2, 0.25) is 5.02 Å². The van der Waals surface area contributed by atoms with E-state index in [1.54, 1.807) is 36.2 Å². The molecule has 0 bridgehead atoms. The molecular formula is C26H25ClN4O3. The highest BCUT2D eigenvalue weighted by molar-refractivity contribution is 6.30. The first-order valence-electron chi connectivity index (χ1n) is 10.9. The zero-order valence-electron chi connectivity index (χ0n) is 18.9. The van der Waals surface area contributed by atoms with Crippen molar-refractivity contribution in [3.63, 3.8) is 0 Å². The number of likely N-dealkylation sites (N-methyl/N-ethyl adjacent to an activating group) is 1. The molecule has 0 aliphatic heterocycles. The van der Waals surface area contributed by atoms with Gasteiger partial charge in [-0.3, -0.25) is 9.59 Å². The number of anilines is 1. The fourth-order valence-corrected chi connectivity index (χ4v) is 3.78. The molecule has 0 saturated heterocycles. The zero-order chi connectivity index (χ0) is 24.1. The van der Waals surface area contributed by atoms with Crippen LogP contribution in [0.5, 0.6) is 5.75 Å². The van der Waals surface area contributed by atoms with Crippen LogP contribution in [0.15, 0.2) is 78.9 Å². The number of imidazole rings is 1. The summed E-state index contributed by atoms with van der Waals surface area (Å²) in [4.78, 5) is 31.9. The molecule has 0 radical (unpaired) electrons. The van der Waals surface area contributed by atoms with Crippen molar-refractivity contribution in [3.8, 4) is 5.75 Å². The summed E-state index contributed by atoms with van der Waals surface area (Å²) in [5.41, 5.74) is 2.39. The van der Waals surface area contributed by atoms with Gasteiger partial charge in [0.2, 0.25) is 5.91 Å². The lowest BCUT2D eigenvalue weighted by Gasteiger charge is -2.20. The van der Waals surface area contributed by atoms with Gasteiger partial charge in [-0.25, -0.2) is 4.98 Å². The number of para-hydroxylation sites is 3. The maximum atomic E-state index is 13.1. The monoisotopic (exact) mass is 476 g/mol. The quantitative estimate of drug-likeness (QED) is 0.403. The minimum absolute atomic E-state index is 0.0860. The molecule has 0 aliphatic carbocycles. The summed E-state index contributed by atoms with van der Waals surface area (Å²) in [7, 11) is 1.75. The lowest BCUT2D eigenvalue weighted by Crippen LogP contribution is -2.34. The fraction of sp³-hybridized carbons (Fsp3) is 0.192. The topological polar surface area (TPSA) is 76.5 Å². The Labute approximate surface area is 202 Å². The smallest absolute Gasteiger partial charge is 0.258 e. The number of halogens is 1. The molecule has 7 nitrogen and oxygen atoms in total. The van der Waals surface area contributed by atoms with Gasteiger partial charge in [0.25, 0.3) is 5.91 Å². The van der Waals surface area contributed by atoms with Crippen molar-refractivity contribution >= 4 is 40.1 Å². The van der Waals surface area contributed by atoms with Crippen molar-refractivity contribution in [2.75, 3.05) is 18.6 Å². The number of fused-ring (bicyclic) bond motifs is 1. The Kier molecular flexibility index (Phi) is 7.13. The predicted octanol–water partition coefficient (Wildman–Crippen LogP) is 4.61.